The van der Waals surface area contributed by atoms with Crippen LogP contribution in [0.5, 0.6) is 0 Å². The molecule has 0 aliphatic rings. The van der Waals surface area contributed by atoms with Gasteiger partial charge in [0.15, 0.2) is 0 Å². The van der Waals surface area contributed by atoms with Crippen LogP contribution >= 0.6 is 0 Å². The molecule has 3 aromatic rings. The Morgan fingerprint density at radius 2 is 1.48 bits per heavy atom. The quantitative estimate of drug-likeness (QED) is 0.675. The van der Waals surface area contributed by atoms with Gasteiger partial charge in [0.2, 0.25) is 0 Å². The number of halogens is 1. The fourth-order valence-corrected chi connectivity index (χ4v) is 3.55. The summed E-state index contributed by atoms with van der Waals surface area (Å²) in [7, 11) is 0. The Kier molecular flexibility index (Phi) is 3.80. The number of hydrogen-bond donors (Lipinski definition) is 0. The van der Waals surface area contributed by atoms with Crippen molar-refractivity contribution in [1.29, 1.82) is 0 Å². The molecule has 0 radical (unpaired) electrons. The Morgan fingerprint density at radius 1 is 0.870 bits per heavy atom. The summed E-state index contributed by atoms with van der Waals surface area (Å²) in [6, 6.07) is 17.1. The number of benzene rings is 2. The number of rotatable bonds is 3. The number of hydrogen-bond acceptors (Lipinski definition) is 1. The lowest BCUT2D eigenvalue weighted by Crippen LogP contribution is -2.47. The molecule has 0 aliphatic carbocycles. The van der Waals surface area contributed by atoms with Crippen LogP contribution in [-0.2, 0) is 5.54 Å². The molecule has 0 saturated heterocycles. The van der Waals surface area contributed by atoms with Gasteiger partial charge in [0.1, 0.15) is 11.4 Å². The highest BCUT2D eigenvalue weighted by molar-refractivity contribution is 5.42. The van der Waals surface area contributed by atoms with Gasteiger partial charge in [0.05, 0.1) is 6.33 Å². The van der Waals surface area contributed by atoms with Crippen LogP contribution < -0.4 is 0 Å². The molecule has 0 amide bonds. The van der Waals surface area contributed by atoms with Gasteiger partial charge in [-0.05, 0) is 28.7 Å². The summed E-state index contributed by atoms with van der Waals surface area (Å²) >= 11 is 0. The smallest absolute Gasteiger partial charge is 0.123 e. The van der Waals surface area contributed by atoms with Crippen molar-refractivity contribution >= 4 is 0 Å². The van der Waals surface area contributed by atoms with E-state index >= 15 is 0 Å². The molecule has 0 spiro atoms. The summed E-state index contributed by atoms with van der Waals surface area (Å²) in [5.41, 5.74) is 1.55. The molecule has 1 unspecified atom stereocenters. The van der Waals surface area contributed by atoms with Crippen molar-refractivity contribution in [2.45, 2.75) is 26.3 Å². The molecule has 3 rings (SSSR count). The second-order valence-electron chi connectivity index (χ2n) is 6.80. The van der Waals surface area contributed by atoms with E-state index in [9.17, 15) is 4.39 Å². The lowest BCUT2D eigenvalue weighted by Gasteiger charge is -2.47. The maximum atomic E-state index is 13.5. The first kappa shape index (κ1) is 15.5. The highest BCUT2D eigenvalue weighted by Crippen LogP contribution is 2.47. The Morgan fingerprint density at radius 3 is 2.00 bits per heavy atom. The minimum atomic E-state index is -0.474. The van der Waals surface area contributed by atoms with Gasteiger partial charge >= 0.3 is 0 Å². The van der Waals surface area contributed by atoms with Crippen LogP contribution in [0.15, 0.2) is 73.3 Å². The lowest BCUT2D eigenvalue weighted by atomic mass is 9.65. The van der Waals surface area contributed by atoms with Crippen LogP contribution in [-0.4, -0.2) is 9.55 Å². The lowest BCUT2D eigenvalue weighted by molar-refractivity contribution is 0.188. The summed E-state index contributed by atoms with van der Waals surface area (Å²) in [6.07, 6.45) is 5.59. The summed E-state index contributed by atoms with van der Waals surface area (Å²) in [4.78, 5) is 4.26. The van der Waals surface area contributed by atoms with Gasteiger partial charge in [0.25, 0.3) is 0 Å². The van der Waals surface area contributed by atoms with Crippen molar-refractivity contribution < 1.29 is 4.39 Å². The third-order valence-electron chi connectivity index (χ3n) is 4.43. The third kappa shape index (κ3) is 2.46. The van der Waals surface area contributed by atoms with E-state index in [1.54, 1.807) is 6.20 Å². The van der Waals surface area contributed by atoms with Gasteiger partial charge in [-0.25, -0.2) is 9.37 Å². The molecule has 2 aromatic carbocycles. The first-order valence-corrected chi connectivity index (χ1v) is 7.76. The van der Waals surface area contributed by atoms with Crippen LogP contribution in [0.25, 0.3) is 0 Å². The normalized spacial score (nSPS) is 14.4. The molecule has 0 fully saturated rings. The predicted octanol–water partition coefficient (Wildman–Crippen LogP) is 4.86. The first-order valence-electron chi connectivity index (χ1n) is 7.76. The van der Waals surface area contributed by atoms with E-state index in [1.807, 2.05) is 42.9 Å². The maximum absolute atomic E-state index is 13.5. The average Bonchev–Trinajstić information content (AvgIpc) is 3.04. The van der Waals surface area contributed by atoms with E-state index in [-0.39, 0.29) is 11.2 Å². The standard InChI is InChI=1S/C20H21FN2/c1-19(2,3)20(23-14-13-22-15-23,16-7-5-4-6-8-16)17-9-11-18(21)12-10-17/h4-15H,1-3H3. The molecule has 0 saturated carbocycles. The Labute approximate surface area is 136 Å². The van der Waals surface area contributed by atoms with Gasteiger partial charge < -0.3 is 4.57 Å². The first-order chi connectivity index (χ1) is 11.0. The molecular formula is C20H21FN2. The van der Waals surface area contributed by atoms with Crippen LogP contribution in [0.4, 0.5) is 4.39 Å². The third-order valence-corrected chi connectivity index (χ3v) is 4.43. The molecule has 1 atom stereocenters. The molecule has 0 aliphatic heterocycles. The van der Waals surface area contributed by atoms with Crippen LogP contribution in [0, 0.1) is 11.2 Å². The number of imidazole rings is 1. The highest BCUT2D eigenvalue weighted by atomic mass is 19.1. The molecule has 23 heavy (non-hydrogen) atoms. The van der Waals surface area contributed by atoms with Gasteiger partial charge in [-0.1, -0.05) is 63.2 Å². The summed E-state index contributed by atoms with van der Waals surface area (Å²) in [6.45, 7) is 6.59. The fraction of sp³-hybridized carbons (Fsp3) is 0.250. The zero-order chi connectivity index (χ0) is 16.5. The van der Waals surface area contributed by atoms with Crippen molar-refractivity contribution in [3.63, 3.8) is 0 Å². The highest BCUT2D eigenvalue weighted by Gasteiger charge is 2.46. The minimum absolute atomic E-state index is 0.160. The molecule has 118 valence electrons. The minimum Gasteiger partial charge on any atom is -0.323 e. The predicted molar refractivity (Wildman–Crippen MR) is 90.7 cm³/mol. The van der Waals surface area contributed by atoms with E-state index in [0.29, 0.717) is 0 Å². The molecule has 3 heteroatoms. The van der Waals surface area contributed by atoms with Crippen molar-refractivity contribution in [2.75, 3.05) is 0 Å². The van der Waals surface area contributed by atoms with Gasteiger partial charge in [-0.2, -0.15) is 0 Å². The van der Waals surface area contributed by atoms with Crippen LogP contribution in [0.2, 0.25) is 0 Å². The number of nitrogens with zero attached hydrogens (tertiary/aromatic N) is 2. The molecule has 1 heterocycles. The topological polar surface area (TPSA) is 17.8 Å². The largest absolute Gasteiger partial charge is 0.323 e. The fourth-order valence-electron chi connectivity index (χ4n) is 3.55. The van der Waals surface area contributed by atoms with Gasteiger partial charge in [-0.3, -0.25) is 0 Å². The van der Waals surface area contributed by atoms with Crippen molar-refractivity contribution in [2.24, 2.45) is 5.41 Å². The summed E-state index contributed by atoms with van der Waals surface area (Å²) in [5.74, 6) is -0.227. The van der Waals surface area contributed by atoms with E-state index in [0.717, 1.165) is 11.1 Å². The Hall–Kier alpha value is -2.42. The van der Waals surface area contributed by atoms with E-state index in [2.05, 4.69) is 42.5 Å². The van der Waals surface area contributed by atoms with Gasteiger partial charge in [0, 0.05) is 12.4 Å². The SMILES string of the molecule is CC(C)(C)C(c1ccccc1)(c1ccc(F)cc1)n1ccnc1. The summed E-state index contributed by atoms with van der Waals surface area (Å²) < 4.78 is 15.6. The Balaban J connectivity index is 2.38. The molecule has 0 bridgehead atoms. The van der Waals surface area contributed by atoms with Crippen LogP contribution in [0.3, 0.4) is 0 Å². The van der Waals surface area contributed by atoms with E-state index in [4.69, 9.17) is 0 Å². The average molecular weight is 308 g/mol. The zero-order valence-electron chi connectivity index (χ0n) is 13.7. The Bertz CT molecular complexity index is 756. The van der Waals surface area contributed by atoms with E-state index < -0.39 is 5.54 Å². The molecule has 1 aromatic heterocycles. The zero-order valence-corrected chi connectivity index (χ0v) is 13.7. The number of aromatic nitrogens is 2. The second-order valence-corrected chi connectivity index (χ2v) is 6.80. The maximum Gasteiger partial charge on any atom is 0.123 e. The van der Waals surface area contributed by atoms with Gasteiger partial charge in [-0.15, -0.1) is 0 Å². The monoisotopic (exact) mass is 308 g/mol. The molecule has 0 N–H and O–H groups in total. The van der Waals surface area contributed by atoms with E-state index in [1.165, 1.54) is 12.1 Å². The van der Waals surface area contributed by atoms with Crippen molar-refractivity contribution in [1.82, 2.24) is 9.55 Å². The van der Waals surface area contributed by atoms with Crippen molar-refractivity contribution in [3.8, 4) is 0 Å². The second kappa shape index (κ2) is 5.65. The van der Waals surface area contributed by atoms with Crippen LogP contribution in [0.1, 0.15) is 31.9 Å². The van der Waals surface area contributed by atoms with Crippen molar-refractivity contribution in [3.05, 3.63) is 90.3 Å². The molecule has 2 nitrogen and oxygen atoms in total. The molecular weight excluding hydrogens is 287 g/mol. The summed E-state index contributed by atoms with van der Waals surface area (Å²) in [5, 5.41) is 0.